The summed E-state index contributed by atoms with van der Waals surface area (Å²) >= 11 is 1.24. The van der Waals surface area contributed by atoms with Crippen LogP contribution in [0.15, 0.2) is 36.4 Å². The van der Waals surface area contributed by atoms with Crippen LogP contribution in [-0.4, -0.2) is 60.0 Å². The zero-order chi connectivity index (χ0) is 24.9. The van der Waals surface area contributed by atoms with Crippen molar-refractivity contribution in [3.63, 3.8) is 0 Å². The number of fused-ring (bicyclic) bond motifs is 1. The molecule has 8 nitrogen and oxygen atoms in total. The van der Waals surface area contributed by atoms with E-state index in [4.69, 9.17) is 0 Å². The number of nitro groups is 1. The highest BCUT2D eigenvalue weighted by Gasteiger charge is 2.27. The van der Waals surface area contributed by atoms with Crippen LogP contribution in [0.3, 0.4) is 0 Å². The molecule has 2 heterocycles. The Morgan fingerprint density at radius 2 is 1.86 bits per heavy atom. The molecular weight excluding hydrogens is 505 g/mol. The van der Waals surface area contributed by atoms with E-state index in [-0.39, 0.29) is 35.1 Å². The van der Waals surface area contributed by atoms with Crippen molar-refractivity contribution in [1.29, 1.82) is 0 Å². The van der Waals surface area contributed by atoms with Crippen molar-refractivity contribution < 1.29 is 14.1 Å². The molecule has 1 aliphatic heterocycles. The summed E-state index contributed by atoms with van der Waals surface area (Å²) in [5, 5.41) is 12.3. The van der Waals surface area contributed by atoms with Crippen LogP contribution in [0.1, 0.15) is 43.5 Å². The van der Waals surface area contributed by atoms with Gasteiger partial charge in [0, 0.05) is 37.8 Å². The molecule has 36 heavy (non-hydrogen) atoms. The highest BCUT2D eigenvalue weighted by Crippen LogP contribution is 2.34. The average Bonchev–Trinajstić information content (AvgIpc) is 3.32. The fourth-order valence-electron chi connectivity index (χ4n) is 4.44. The number of amides is 1. The molecule has 1 amide bonds. The topological polar surface area (TPSA) is 82.8 Å². The number of carbonyl (C=O) groups is 1. The van der Waals surface area contributed by atoms with E-state index in [1.54, 1.807) is 24.3 Å². The minimum atomic E-state index is -0.442. The van der Waals surface area contributed by atoms with Gasteiger partial charge in [-0.25, -0.2) is 9.37 Å². The molecule has 194 valence electrons. The molecule has 3 aromatic rings. The van der Waals surface area contributed by atoms with E-state index >= 15 is 0 Å². The molecule has 0 saturated carbocycles. The van der Waals surface area contributed by atoms with Crippen LogP contribution in [0.4, 0.5) is 20.9 Å². The van der Waals surface area contributed by atoms with Gasteiger partial charge in [0.05, 0.1) is 9.62 Å². The van der Waals surface area contributed by atoms with E-state index in [2.05, 4.69) is 9.88 Å². The quantitative estimate of drug-likeness (QED) is 0.256. The lowest BCUT2D eigenvalue weighted by Gasteiger charge is -2.28. The predicted octanol–water partition coefficient (Wildman–Crippen LogP) is 5.74. The summed E-state index contributed by atoms with van der Waals surface area (Å²) in [6, 6.07) is 9.42. The molecule has 2 aromatic carbocycles. The van der Waals surface area contributed by atoms with Crippen LogP contribution in [0.5, 0.6) is 0 Å². The number of hydrogen-bond donors (Lipinski definition) is 0. The van der Waals surface area contributed by atoms with Crippen LogP contribution in [0.25, 0.3) is 10.2 Å². The molecule has 0 atom stereocenters. The predicted molar refractivity (Wildman–Crippen MR) is 145 cm³/mol. The van der Waals surface area contributed by atoms with Gasteiger partial charge in [-0.2, -0.15) is 0 Å². The largest absolute Gasteiger partial charge is 0.366 e. The number of carbonyl (C=O) groups excluding carboxylic acids is 1. The van der Waals surface area contributed by atoms with E-state index in [0.717, 1.165) is 45.4 Å². The molecule has 11 heteroatoms. The first-order valence-corrected chi connectivity index (χ1v) is 12.9. The number of anilines is 2. The summed E-state index contributed by atoms with van der Waals surface area (Å²) in [7, 11) is 0. The maximum Gasteiger partial charge on any atom is 0.293 e. The van der Waals surface area contributed by atoms with Crippen LogP contribution in [0.2, 0.25) is 0 Å². The van der Waals surface area contributed by atoms with E-state index in [1.807, 2.05) is 18.7 Å². The van der Waals surface area contributed by atoms with E-state index in [9.17, 15) is 19.3 Å². The van der Waals surface area contributed by atoms with E-state index in [0.29, 0.717) is 28.6 Å². The second kappa shape index (κ2) is 12.4. The Kier molecular flexibility index (Phi) is 9.58. The number of nitrogens with zero attached hydrogens (tertiary/aromatic N) is 5. The Morgan fingerprint density at radius 3 is 2.50 bits per heavy atom. The minimum Gasteiger partial charge on any atom is -0.366 e. The van der Waals surface area contributed by atoms with Crippen molar-refractivity contribution in [2.45, 2.75) is 33.1 Å². The van der Waals surface area contributed by atoms with Crippen molar-refractivity contribution in [3.05, 3.63) is 57.9 Å². The summed E-state index contributed by atoms with van der Waals surface area (Å²) in [4.78, 5) is 35.3. The third kappa shape index (κ3) is 5.93. The first kappa shape index (κ1) is 27.8. The number of aromatic nitrogens is 1. The van der Waals surface area contributed by atoms with Gasteiger partial charge < -0.3 is 9.80 Å². The maximum atomic E-state index is 14.3. The average molecular weight is 536 g/mol. The van der Waals surface area contributed by atoms with E-state index in [1.165, 1.54) is 28.4 Å². The van der Waals surface area contributed by atoms with E-state index < -0.39 is 10.7 Å². The van der Waals surface area contributed by atoms with Crippen LogP contribution < -0.4 is 9.80 Å². The lowest BCUT2D eigenvalue weighted by Crippen LogP contribution is -2.39. The molecule has 0 radical (unpaired) electrons. The van der Waals surface area contributed by atoms with Crippen molar-refractivity contribution in [1.82, 2.24) is 9.88 Å². The molecule has 1 saturated heterocycles. The molecule has 0 bridgehead atoms. The summed E-state index contributed by atoms with van der Waals surface area (Å²) in [6.07, 6.45) is 3.10. The number of halogens is 2. The smallest absolute Gasteiger partial charge is 0.293 e. The number of nitro benzene ring substituents is 1. The first-order chi connectivity index (χ1) is 16.9. The van der Waals surface area contributed by atoms with Gasteiger partial charge in [0.1, 0.15) is 17.0 Å². The number of piperidine rings is 1. The zero-order valence-corrected chi connectivity index (χ0v) is 22.1. The van der Waals surface area contributed by atoms with Crippen molar-refractivity contribution in [2.75, 3.05) is 49.1 Å². The number of benzene rings is 2. The van der Waals surface area contributed by atoms with Crippen molar-refractivity contribution in [3.8, 4) is 0 Å². The molecule has 1 aromatic heterocycles. The normalized spacial score (nSPS) is 13.6. The Hall–Kier alpha value is -2.82. The maximum absolute atomic E-state index is 14.3. The van der Waals surface area contributed by atoms with Gasteiger partial charge in [-0.05, 0) is 56.6 Å². The number of para-hydroxylation sites is 1. The standard InChI is InChI=1S/C25H30FN5O3S.ClH/c1-3-28(4-2)15-16-30(25-27-23-19(26)9-8-10-22(23)35-25)24(32)18-11-12-20(21(17-18)31(33)34)29-13-6-5-7-14-29;/h8-12,17H,3-7,13-16H2,1-2H3;1H. The summed E-state index contributed by atoms with van der Waals surface area (Å²) in [6.45, 7) is 8.21. The number of rotatable bonds is 9. The van der Waals surface area contributed by atoms with Gasteiger partial charge >= 0.3 is 0 Å². The highest BCUT2D eigenvalue weighted by atomic mass is 35.5. The number of hydrogen-bond acceptors (Lipinski definition) is 7. The molecule has 1 aliphatic rings. The molecule has 0 spiro atoms. The van der Waals surface area contributed by atoms with Gasteiger partial charge in [-0.3, -0.25) is 19.8 Å². The third-order valence-corrected chi connectivity index (χ3v) is 7.53. The third-order valence-electron chi connectivity index (χ3n) is 6.48. The van der Waals surface area contributed by atoms with Crippen LogP contribution in [0, 0.1) is 15.9 Å². The highest BCUT2D eigenvalue weighted by molar-refractivity contribution is 7.22. The van der Waals surface area contributed by atoms with Gasteiger partial charge in [-0.1, -0.05) is 31.3 Å². The molecule has 1 fully saturated rings. The summed E-state index contributed by atoms with van der Waals surface area (Å²) < 4.78 is 15.0. The zero-order valence-electron chi connectivity index (χ0n) is 20.5. The van der Waals surface area contributed by atoms with Gasteiger partial charge in [0.15, 0.2) is 5.13 Å². The van der Waals surface area contributed by atoms with Crippen LogP contribution >= 0.6 is 23.7 Å². The SMILES string of the molecule is CCN(CC)CCN(C(=O)c1ccc(N2CCCCC2)c([N+](=O)[O-])c1)c1nc2c(F)cccc2s1.Cl. The number of likely N-dealkylation sites (N-methyl/N-ethyl adjacent to an activating group) is 1. The van der Waals surface area contributed by atoms with Gasteiger partial charge in [0.2, 0.25) is 0 Å². The van der Waals surface area contributed by atoms with Gasteiger partial charge in [-0.15, -0.1) is 12.4 Å². The lowest BCUT2D eigenvalue weighted by molar-refractivity contribution is -0.384. The fraction of sp³-hybridized carbons (Fsp3) is 0.440. The van der Waals surface area contributed by atoms with Gasteiger partial charge in [0.25, 0.3) is 11.6 Å². The van der Waals surface area contributed by atoms with Crippen molar-refractivity contribution in [2.24, 2.45) is 0 Å². The molecule has 0 unspecified atom stereocenters. The Labute approximate surface area is 220 Å². The Bertz CT molecular complexity index is 1210. The molecule has 0 aliphatic carbocycles. The molecule has 0 N–H and O–H groups in total. The minimum absolute atomic E-state index is 0. The second-order valence-corrected chi connectivity index (χ2v) is 9.58. The Morgan fingerprint density at radius 1 is 1.14 bits per heavy atom. The summed E-state index contributed by atoms with van der Waals surface area (Å²) in [5.41, 5.74) is 0.913. The lowest BCUT2D eigenvalue weighted by atomic mass is 10.1. The van der Waals surface area contributed by atoms with Crippen molar-refractivity contribution >= 4 is 56.4 Å². The monoisotopic (exact) mass is 535 g/mol. The molecular formula is C25H31ClFN5O3S. The summed E-state index contributed by atoms with van der Waals surface area (Å²) in [5.74, 6) is -0.826. The van der Waals surface area contributed by atoms with Crippen LogP contribution in [-0.2, 0) is 0 Å². The number of thiazole rings is 1. The molecule has 4 rings (SSSR count). The second-order valence-electron chi connectivity index (χ2n) is 8.58. The Balaban J connectivity index is 0.00000361. The first-order valence-electron chi connectivity index (χ1n) is 12.1. The fourth-order valence-corrected chi connectivity index (χ4v) is 5.45.